The van der Waals surface area contributed by atoms with Crippen molar-refractivity contribution in [3.05, 3.63) is 28.8 Å². The molecule has 106 valence electrons. The molecule has 1 aromatic rings. The van der Waals surface area contributed by atoms with Gasteiger partial charge in [-0.15, -0.1) is 0 Å². The number of benzene rings is 1. The molecule has 0 unspecified atom stereocenters. The normalized spacial score (nSPS) is 19.4. The van der Waals surface area contributed by atoms with Crippen molar-refractivity contribution in [1.82, 2.24) is 10.2 Å². The van der Waals surface area contributed by atoms with E-state index in [2.05, 4.69) is 31.0 Å². The molecule has 2 N–H and O–H groups in total. The summed E-state index contributed by atoms with van der Waals surface area (Å²) >= 11 is 6.07. The maximum absolute atomic E-state index is 9.58. The number of phenolic OH excluding ortho intramolecular Hbond substituents is 1. The highest BCUT2D eigenvalue weighted by atomic mass is 35.5. The van der Waals surface area contributed by atoms with Crippen LogP contribution in [0.2, 0.25) is 5.02 Å². The molecule has 0 saturated carbocycles. The summed E-state index contributed by atoms with van der Waals surface area (Å²) in [6.45, 7) is 10.9. The number of phenols is 1. The predicted molar refractivity (Wildman–Crippen MR) is 79.8 cm³/mol. The van der Waals surface area contributed by atoms with Gasteiger partial charge >= 0.3 is 0 Å². The third kappa shape index (κ3) is 3.41. The van der Waals surface area contributed by atoms with Crippen LogP contribution in [0.1, 0.15) is 32.4 Å². The smallest absolute Gasteiger partial charge is 0.134 e. The Labute approximate surface area is 120 Å². The molecular formula is C15H23ClN2O. The van der Waals surface area contributed by atoms with Gasteiger partial charge < -0.3 is 10.4 Å². The van der Waals surface area contributed by atoms with Crippen LogP contribution in [0.4, 0.5) is 0 Å². The van der Waals surface area contributed by atoms with Crippen LogP contribution in [0.15, 0.2) is 18.2 Å². The highest BCUT2D eigenvalue weighted by molar-refractivity contribution is 6.32. The molecule has 0 spiro atoms. The van der Waals surface area contributed by atoms with Gasteiger partial charge in [0.25, 0.3) is 0 Å². The zero-order chi connectivity index (χ0) is 14.0. The maximum Gasteiger partial charge on any atom is 0.134 e. The van der Waals surface area contributed by atoms with Crippen molar-refractivity contribution >= 4 is 11.6 Å². The second kappa shape index (κ2) is 5.70. The van der Waals surface area contributed by atoms with Gasteiger partial charge in [-0.1, -0.05) is 38.4 Å². The van der Waals surface area contributed by atoms with Crippen LogP contribution < -0.4 is 5.32 Å². The molecule has 2 rings (SSSR count). The fourth-order valence-corrected chi connectivity index (χ4v) is 3.08. The first kappa shape index (κ1) is 14.6. The molecule has 0 amide bonds. The second-order valence-electron chi connectivity index (χ2n) is 6.27. The van der Waals surface area contributed by atoms with E-state index in [0.29, 0.717) is 11.1 Å². The van der Waals surface area contributed by atoms with Crippen LogP contribution in [0.5, 0.6) is 5.75 Å². The van der Waals surface area contributed by atoms with Gasteiger partial charge in [-0.3, -0.25) is 4.90 Å². The lowest BCUT2D eigenvalue weighted by Gasteiger charge is -2.42. The second-order valence-corrected chi connectivity index (χ2v) is 6.67. The highest BCUT2D eigenvalue weighted by Crippen LogP contribution is 2.40. The van der Waals surface area contributed by atoms with Crippen LogP contribution in [0.3, 0.4) is 0 Å². The number of hydrogen-bond donors (Lipinski definition) is 2. The standard InChI is InChI=1S/C15H23ClN2O/c1-15(2,3)14(18-8-6-17-7-9-18)11-4-5-13(19)12(16)10-11/h4-5,10,14,17,19H,6-9H2,1-3H3/t14-/m1/s1. The van der Waals surface area contributed by atoms with Gasteiger partial charge in [-0.25, -0.2) is 0 Å². The van der Waals surface area contributed by atoms with E-state index in [9.17, 15) is 5.11 Å². The molecule has 1 aliphatic rings. The van der Waals surface area contributed by atoms with E-state index in [1.54, 1.807) is 6.07 Å². The summed E-state index contributed by atoms with van der Waals surface area (Å²) in [4.78, 5) is 2.50. The molecule has 0 aliphatic carbocycles. The summed E-state index contributed by atoms with van der Waals surface area (Å²) in [5.74, 6) is 0.151. The first-order chi connectivity index (χ1) is 8.89. The van der Waals surface area contributed by atoms with Gasteiger partial charge in [0.05, 0.1) is 5.02 Å². The molecule has 4 heteroatoms. The first-order valence-corrected chi connectivity index (χ1v) is 7.20. The van der Waals surface area contributed by atoms with Gasteiger partial charge in [0, 0.05) is 32.2 Å². The fraction of sp³-hybridized carbons (Fsp3) is 0.600. The minimum atomic E-state index is 0.123. The van der Waals surface area contributed by atoms with E-state index < -0.39 is 0 Å². The molecule has 1 atom stereocenters. The average molecular weight is 283 g/mol. The van der Waals surface area contributed by atoms with Crippen molar-refractivity contribution < 1.29 is 5.11 Å². The maximum atomic E-state index is 9.58. The molecular weight excluding hydrogens is 260 g/mol. The topological polar surface area (TPSA) is 35.5 Å². The Morgan fingerprint density at radius 1 is 1.26 bits per heavy atom. The number of aromatic hydroxyl groups is 1. The number of nitrogens with one attached hydrogen (secondary N) is 1. The molecule has 1 aliphatic heterocycles. The van der Waals surface area contributed by atoms with Crippen molar-refractivity contribution in [2.45, 2.75) is 26.8 Å². The van der Waals surface area contributed by atoms with Crippen molar-refractivity contribution in [1.29, 1.82) is 0 Å². The van der Waals surface area contributed by atoms with Crippen LogP contribution in [0, 0.1) is 5.41 Å². The number of piperazine rings is 1. The Kier molecular flexibility index (Phi) is 4.39. The third-order valence-corrected chi connectivity index (χ3v) is 3.93. The first-order valence-electron chi connectivity index (χ1n) is 6.83. The summed E-state index contributed by atoms with van der Waals surface area (Å²) in [5, 5.41) is 13.4. The summed E-state index contributed by atoms with van der Waals surface area (Å²) in [6, 6.07) is 5.89. The Morgan fingerprint density at radius 3 is 2.42 bits per heavy atom. The zero-order valence-electron chi connectivity index (χ0n) is 11.9. The largest absolute Gasteiger partial charge is 0.506 e. The van der Waals surface area contributed by atoms with E-state index in [0.717, 1.165) is 26.2 Å². The molecule has 1 saturated heterocycles. The van der Waals surface area contributed by atoms with Gasteiger partial charge in [0.1, 0.15) is 5.75 Å². The monoisotopic (exact) mass is 282 g/mol. The average Bonchev–Trinajstić information content (AvgIpc) is 2.34. The lowest BCUT2D eigenvalue weighted by molar-refractivity contribution is 0.0862. The Morgan fingerprint density at radius 2 is 1.89 bits per heavy atom. The van der Waals surface area contributed by atoms with Crippen LogP contribution in [-0.2, 0) is 0 Å². The van der Waals surface area contributed by atoms with Crippen molar-refractivity contribution in [3.8, 4) is 5.75 Å². The Balaban J connectivity index is 2.33. The van der Waals surface area contributed by atoms with Crippen molar-refractivity contribution in [2.24, 2.45) is 5.41 Å². The highest BCUT2D eigenvalue weighted by Gasteiger charge is 2.32. The molecule has 0 radical (unpaired) electrons. The molecule has 1 heterocycles. The van der Waals surface area contributed by atoms with E-state index in [-0.39, 0.29) is 11.2 Å². The van der Waals surface area contributed by atoms with E-state index in [1.165, 1.54) is 5.56 Å². The number of hydrogen-bond acceptors (Lipinski definition) is 3. The number of halogens is 1. The molecule has 19 heavy (non-hydrogen) atoms. The third-order valence-electron chi connectivity index (χ3n) is 3.62. The van der Waals surface area contributed by atoms with E-state index in [4.69, 9.17) is 11.6 Å². The molecule has 1 fully saturated rings. The van der Waals surface area contributed by atoms with E-state index >= 15 is 0 Å². The fourth-order valence-electron chi connectivity index (χ4n) is 2.89. The van der Waals surface area contributed by atoms with E-state index in [1.807, 2.05) is 12.1 Å². The molecule has 0 bridgehead atoms. The van der Waals surface area contributed by atoms with Gasteiger partial charge in [-0.2, -0.15) is 0 Å². The SMILES string of the molecule is CC(C)(C)[C@@H](c1ccc(O)c(Cl)c1)N1CCNCC1. The zero-order valence-corrected chi connectivity index (χ0v) is 12.7. The Bertz CT molecular complexity index is 436. The van der Waals surface area contributed by atoms with Crippen molar-refractivity contribution in [3.63, 3.8) is 0 Å². The lowest BCUT2D eigenvalue weighted by Crippen LogP contribution is -2.48. The lowest BCUT2D eigenvalue weighted by atomic mass is 9.81. The minimum absolute atomic E-state index is 0.123. The van der Waals surface area contributed by atoms with Crippen LogP contribution in [-0.4, -0.2) is 36.2 Å². The molecule has 3 nitrogen and oxygen atoms in total. The summed E-state index contributed by atoms with van der Waals surface area (Å²) in [5.41, 5.74) is 1.30. The summed E-state index contributed by atoms with van der Waals surface area (Å²) in [6.07, 6.45) is 0. The predicted octanol–water partition coefficient (Wildman–Crippen LogP) is 3.04. The quantitative estimate of drug-likeness (QED) is 0.875. The van der Waals surface area contributed by atoms with Crippen LogP contribution >= 0.6 is 11.6 Å². The van der Waals surface area contributed by atoms with Crippen LogP contribution in [0.25, 0.3) is 0 Å². The van der Waals surface area contributed by atoms with Crippen molar-refractivity contribution in [2.75, 3.05) is 26.2 Å². The van der Waals surface area contributed by atoms with Gasteiger partial charge in [-0.05, 0) is 23.1 Å². The number of nitrogens with zero attached hydrogens (tertiary/aromatic N) is 1. The number of rotatable bonds is 2. The summed E-state index contributed by atoms with van der Waals surface area (Å²) < 4.78 is 0. The molecule has 1 aromatic carbocycles. The van der Waals surface area contributed by atoms with Gasteiger partial charge in [0.15, 0.2) is 0 Å². The summed E-state index contributed by atoms with van der Waals surface area (Å²) in [7, 11) is 0. The van der Waals surface area contributed by atoms with Gasteiger partial charge in [0.2, 0.25) is 0 Å². The minimum Gasteiger partial charge on any atom is -0.506 e. The molecule has 0 aromatic heterocycles. The Hall–Kier alpha value is -0.770.